The van der Waals surface area contributed by atoms with Gasteiger partial charge in [0.15, 0.2) is 5.76 Å². The van der Waals surface area contributed by atoms with Crippen LogP contribution < -0.4 is 4.72 Å². The summed E-state index contributed by atoms with van der Waals surface area (Å²) in [4.78, 5) is 10.7. The van der Waals surface area contributed by atoms with Crippen molar-refractivity contribution >= 4 is 27.3 Å². The first kappa shape index (κ1) is 13.7. The fraction of sp³-hybridized carbons (Fsp3) is 0.200. The second-order valence-electron chi connectivity index (χ2n) is 3.72. The summed E-state index contributed by atoms with van der Waals surface area (Å²) in [5.74, 6) is -0.778. The van der Waals surface area contributed by atoms with Gasteiger partial charge in [-0.1, -0.05) is 5.16 Å². The lowest BCUT2D eigenvalue weighted by Gasteiger charge is -2.01. The van der Waals surface area contributed by atoms with E-state index < -0.39 is 16.0 Å². The standard InChI is InChI=1S/C10H10N2O5S2/c1-6-2-8(17-12-6)4-11-19(15,16)9-3-7(5-18-9)10(13)14/h2-3,5,11H,4H2,1H3,(H,13,14). The molecule has 2 heterocycles. The molecule has 0 aromatic carbocycles. The molecule has 0 spiro atoms. The van der Waals surface area contributed by atoms with Crippen molar-refractivity contribution < 1.29 is 22.8 Å². The summed E-state index contributed by atoms with van der Waals surface area (Å²) in [6.07, 6.45) is 0. The van der Waals surface area contributed by atoms with E-state index in [1.165, 1.54) is 5.38 Å². The molecule has 0 atom stereocenters. The van der Waals surface area contributed by atoms with Crippen molar-refractivity contribution in [2.75, 3.05) is 0 Å². The molecule has 0 aliphatic heterocycles. The number of aromatic carboxylic acids is 1. The Labute approximate surface area is 112 Å². The molecule has 19 heavy (non-hydrogen) atoms. The molecule has 0 fully saturated rings. The van der Waals surface area contributed by atoms with E-state index in [2.05, 4.69) is 9.88 Å². The quantitative estimate of drug-likeness (QED) is 0.859. The number of nitrogens with one attached hydrogen (secondary N) is 1. The summed E-state index contributed by atoms with van der Waals surface area (Å²) in [7, 11) is -3.74. The number of thiophene rings is 1. The maximum absolute atomic E-state index is 11.9. The highest BCUT2D eigenvalue weighted by molar-refractivity contribution is 7.91. The van der Waals surface area contributed by atoms with Gasteiger partial charge in [-0.15, -0.1) is 11.3 Å². The van der Waals surface area contributed by atoms with E-state index >= 15 is 0 Å². The number of hydrogen-bond acceptors (Lipinski definition) is 6. The molecule has 2 N–H and O–H groups in total. The Morgan fingerprint density at radius 1 is 1.53 bits per heavy atom. The SMILES string of the molecule is Cc1cc(CNS(=O)(=O)c2cc(C(=O)O)cs2)on1. The predicted molar refractivity (Wildman–Crippen MR) is 66.5 cm³/mol. The van der Waals surface area contributed by atoms with Crippen LogP contribution in [0.5, 0.6) is 0 Å². The van der Waals surface area contributed by atoms with Crippen LogP contribution in [-0.4, -0.2) is 24.7 Å². The van der Waals surface area contributed by atoms with E-state index in [0.29, 0.717) is 11.5 Å². The van der Waals surface area contributed by atoms with Crippen LogP contribution in [0.3, 0.4) is 0 Å². The average molecular weight is 302 g/mol. The van der Waals surface area contributed by atoms with Gasteiger partial charge in [0.25, 0.3) is 0 Å². The van der Waals surface area contributed by atoms with Crippen LogP contribution in [0.1, 0.15) is 21.8 Å². The third-order valence-electron chi connectivity index (χ3n) is 2.20. The Morgan fingerprint density at radius 3 is 2.79 bits per heavy atom. The van der Waals surface area contributed by atoms with Gasteiger partial charge in [-0.25, -0.2) is 17.9 Å². The van der Waals surface area contributed by atoms with Crippen molar-refractivity contribution in [2.45, 2.75) is 17.7 Å². The Morgan fingerprint density at radius 2 is 2.26 bits per heavy atom. The maximum Gasteiger partial charge on any atom is 0.336 e. The highest BCUT2D eigenvalue weighted by Crippen LogP contribution is 2.20. The van der Waals surface area contributed by atoms with Crippen LogP contribution in [0.4, 0.5) is 0 Å². The number of rotatable bonds is 5. The van der Waals surface area contributed by atoms with Crippen LogP contribution in [-0.2, 0) is 16.6 Å². The molecule has 7 nitrogen and oxygen atoms in total. The van der Waals surface area contributed by atoms with E-state index in [4.69, 9.17) is 9.63 Å². The normalized spacial score (nSPS) is 11.6. The van der Waals surface area contributed by atoms with Crippen molar-refractivity contribution in [3.05, 3.63) is 34.5 Å². The van der Waals surface area contributed by atoms with Crippen LogP contribution >= 0.6 is 11.3 Å². The van der Waals surface area contributed by atoms with Gasteiger partial charge in [-0.05, 0) is 13.0 Å². The average Bonchev–Trinajstić information content (AvgIpc) is 2.95. The van der Waals surface area contributed by atoms with Gasteiger partial charge >= 0.3 is 5.97 Å². The highest BCUT2D eigenvalue weighted by Gasteiger charge is 2.19. The largest absolute Gasteiger partial charge is 0.478 e. The molecule has 0 bridgehead atoms. The zero-order chi connectivity index (χ0) is 14.0. The molecule has 0 aliphatic carbocycles. The zero-order valence-electron chi connectivity index (χ0n) is 9.78. The van der Waals surface area contributed by atoms with Gasteiger partial charge in [0.2, 0.25) is 10.0 Å². The van der Waals surface area contributed by atoms with Crippen LogP contribution in [0.2, 0.25) is 0 Å². The van der Waals surface area contributed by atoms with E-state index in [-0.39, 0.29) is 16.3 Å². The summed E-state index contributed by atoms with van der Waals surface area (Å²) < 4.78 is 30.9. The first-order valence-electron chi connectivity index (χ1n) is 5.12. The molecule has 0 radical (unpaired) electrons. The molecule has 0 amide bonds. The predicted octanol–water partition coefficient (Wildman–Crippen LogP) is 1.22. The summed E-state index contributed by atoms with van der Waals surface area (Å²) in [5.41, 5.74) is 0.597. The minimum atomic E-state index is -3.74. The Balaban J connectivity index is 2.11. The van der Waals surface area contributed by atoms with Crippen LogP contribution in [0, 0.1) is 6.92 Å². The topological polar surface area (TPSA) is 110 Å². The number of carboxylic acid groups (broad SMARTS) is 1. The number of carbonyl (C=O) groups is 1. The Kier molecular flexibility index (Phi) is 3.69. The fourth-order valence-corrected chi connectivity index (χ4v) is 3.50. The second-order valence-corrected chi connectivity index (χ2v) is 6.62. The molecular weight excluding hydrogens is 292 g/mol. The van der Waals surface area contributed by atoms with E-state index in [0.717, 1.165) is 17.4 Å². The molecule has 2 aromatic rings. The first-order valence-corrected chi connectivity index (χ1v) is 7.48. The Bertz CT molecular complexity index is 701. The van der Waals surface area contributed by atoms with Crippen LogP contribution in [0.15, 0.2) is 26.2 Å². The summed E-state index contributed by atoms with van der Waals surface area (Å²) >= 11 is 0.848. The van der Waals surface area contributed by atoms with Gasteiger partial charge < -0.3 is 9.63 Å². The minimum absolute atomic E-state index is 0.0382. The fourth-order valence-electron chi connectivity index (χ4n) is 1.31. The lowest BCUT2D eigenvalue weighted by molar-refractivity contribution is 0.0697. The Hall–Kier alpha value is -1.71. The number of aromatic nitrogens is 1. The van der Waals surface area contributed by atoms with Gasteiger partial charge in [-0.2, -0.15) is 0 Å². The highest BCUT2D eigenvalue weighted by atomic mass is 32.2. The third-order valence-corrected chi connectivity index (χ3v) is 5.04. The van der Waals surface area contributed by atoms with Crippen molar-refractivity contribution in [2.24, 2.45) is 0 Å². The van der Waals surface area contributed by atoms with Crippen molar-refractivity contribution in [3.8, 4) is 0 Å². The number of aryl methyl sites for hydroxylation is 1. The van der Waals surface area contributed by atoms with Crippen molar-refractivity contribution in [3.63, 3.8) is 0 Å². The van der Waals surface area contributed by atoms with Gasteiger partial charge in [-0.3, -0.25) is 0 Å². The monoisotopic (exact) mass is 302 g/mol. The molecule has 102 valence electrons. The lowest BCUT2D eigenvalue weighted by atomic mass is 10.4. The molecular formula is C10H10N2O5S2. The minimum Gasteiger partial charge on any atom is -0.478 e. The zero-order valence-corrected chi connectivity index (χ0v) is 11.4. The van der Waals surface area contributed by atoms with E-state index in [9.17, 15) is 13.2 Å². The molecule has 0 unspecified atom stereocenters. The maximum atomic E-state index is 11.9. The number of carboxylic acids is 1. The molecule has 2 aromatic heterocycles. The smallest absolute Gasteiger partial charge is 0.336 e. The first-order chi connectivity index (χ1) is 8.88. The third kappa shape index (κ3) is 3.19. The number of sulfonamides is 1. The number of nitrogens with zero attached hydrogens (tertiary/aromatic N) is 1. The molecule has 9 heteroatoms. The van der Waals surface area contributed by atoms with Gasteiger partial charge in [0.1, 0.15) is 4.21 Å². The molecule has 0 saturated carbocycles. The van der Waals surface area contributed by atoms with Crippen molar-refractivity contribution in [1.82, 2.24) is 9.88 Å². The summed E-state index contributed by atoms with van der Waals surface area (Å²) in [5, 5.41) is 13.6. The van der Waals surface area contributed by atoms with Crippen LogP contribution in [0.25, 0.3) is 0 Å². The van der Waals surface area contributed by atoms with E-state index in [1.807, 2.05) is 0 Å². The molecule has 0 saturated heterocycles. The van der Waals surface area contributed by atoms with Crippen molar-refractivity contribution in [1.29, 1.82) is 0 Å². The second kappa shape index (κ2) is 5.11. The summed E-state index contributed by atoms with van der Waals surface area (Å²) in [6.45, 7) is 1.68. The van der Waals surface area contributed by atoms with E-state index in [1.54, 1.807) is 13.0 Å². The van der Waals surface area contributed by atoms with Gasteiger partial charge in [0.05, 0.1) is 17.8 Å². The molecule has 0 aliphatic rings. The summed E-state index contributed by atoms with van der Waals surface area (Å²) in [6, 6.07) is 2.72. The number of hydrogen-bond donors (Lipinski definition) is 2. The van der Waals surface area contributed by atoms with Gasteiger partial charge in [0, 0.05) is 11.4 Å². The molecule has 2 rings (SSSR count). The lowest BCUT2D eigenvalue weighted by Crippen LogP contribution is -2.22.